The van der Waals surface area contributed by atoms with Gasteiger partial charge in [0, 0.05) is 0 Å². The number of carboxylic acids is 1. The van der Waals surface area contributed by atoms with Gasteiger partial charge in [0.1, 0.15) is 5.75 Å². The molecular formula is C16H20O3. The molecule has 1 aromatic carbocycles. The third-order valence-corrected chi connectivity index (χ3v) is 3.15. The van der Waals surface area contributed by atoms with E-state index in [0.717, 1.165) is 5.75 Å². The van der Waals surface area contributed by atoms with Crippen molar-refractivity contribution in [3.8, 4) is 17.6 Å². The lowest BCUT2D eigenvalue weighted by Crippen LogP contribution is -2.39. The molecule has 1 atom stereocenters. The van der Waals surface area contributed by atoms with Crippen molar-refractivity contribution >= 4 is 5.97 Å². The molecule has 0 heterocycles. The summed E-state index contributed by atoms with van der Waals surface area (Å²) < 4.78 is 5.37. The molecule has 0 radical (unpaired) electrons. The fourth-order valence-electron chi connectivity index (χ4n) is 2.15. The highest BCUT2D eigenvalue weighted by Gasteiger charge is 2.42. The Morgan fingerprint density at radius 3 is 2.32 bits per heavy atom. The molecule has 1 rings (SSSR count). The van der Waals surface area contributed by atoms with Crippen molar-refractivity contribution in [3.05, 3.63) is 29.8 Å². The molecule has 0 amide bonds. The minimum Gasteiger partial charge on any atom is -0.494 e. The van der Waals surface area contributed by atoms with Gasteiger partial charge in [-0.25, -0.2) is 0 Å². The fourth-order valence-corrected chi connectivity index (χ4v) is 2.15. The van der Waals surface area contributed by atoms with E-state index in [4.69, 9.17) is 4.74 Å². The van der Waals surface area contributed by atoms with Crippen LogP contribution in [-0.2, 0) is 10.2 Å². The standard InChI is InChI=1S/C16H20O3/c1-5-11-16(12(3)4,15(17)18)13-7-9-14(10-8-13)19-6-2/h7-10,12H,6H2,1-4H3,(H,17,18). The van der Waals surface area contributed by atoms with Crippen molar-refractivity contribution in [2.45, 2.75) is 33.1 Å². The zero-order chi connectivity index (χ0) is 14.5. The Kier molecular flexibility index (Phi) is 5.00. The highest BCUT2D eigenvalue weighted by Crippen LogP contribution is 2.33. The summed E-state index contributed by atoms with van der Waals surface area (Å²) in [4.78, 5) is 11.7. The summed E-state index contributed by atoms with van der Waals surface area (Å²) in [5.74, 6) is 5.31. The first-order valence-corrected chi connectivity index (χ1v) is 6.39. The number of aliphatic carboxylic acids is 1. The summed E-state index contributed by atoms with van der Waals surface area (Å²) in [7, 11) is 0. The summed E-state index contributed by atoms with van der Waals surface area (Å²) in [6.07, 6.45) is 0. The normalized spacial score (nSPS) is 13.3. The van der Waals surface area contributed by atoms with E-state index < -0.39 is 11.4 Å². The highest BCUT2D eigenvalue weighted by atomic mass is 16.5. The van der Waals surface area contributed by atoms with Crippen LogP contribution in [0.4, 0.5) is 0 Å². The van der Waals surface area contributed by atoms with E-state index in [0.29, 0.717) is 12.2 Å². The second kappa shape index (κ2) is 6.29. The minimum atomic E-state index is -1.17. The maximum atomic E-state index is 11.7. The van der Waals surface area contributed by atoms with Gasteiger partial charge < -0.3 is 9.84 Å². The summed E-state index contributed by atoms with van der Waals surface area (Å²) in [5, 5.41) is 9.62. The molecule has 102 valence electrons. The van der Waals surface area contributed by atoms with Gasteiger partial charge in [0.15, 0.2) is 5.41 Å². The van der Waals surface area contributed by atoms with Crippen LogP contribution < -0.4 is 4.74 Å². The minimum absolute atomic E-state index is 0.129. The Morgan fingerprint density at radius 2 is 1.95 bits per heavy atom. The molecular weight excluding hydrogens is 240 g/mol. The second-order valence-corrected chi connectivity index (χ2v) is 4.60. The third kappa shape index (κ3) is 2.90. The third-order valence-electron chi connectivity index (χ3n) is 3.15. The van der Waals surface area contributed by atoms with E-state index in [1.807, 2.05) is 20.8 Å². The van der Waals surface area contributed by atoms with Gasteiger partial charge in [0.2, 0.25) is 0 Å². The average molecular weight is 260 g/mol. The summed E-state index contributed by atoms with van der Waals surface area (Å²) in [6, 6.07) is 7.14. The van der Waals surface area contributed by atoms with Crippen molar-refractivity contribution in [2.75, 3.05) is 6.61 Å². The predicted octanol–water partition coefficient (Wildman–Crippen LogP) is 3.09. The topological polar surface area (TPSA) is 46.5 Å². The Labute approximate surface area is 114 Å². The van der Waals surface area contributed by atoms with Crippen molar-refractivity contribution in [2.24, 2.45) is 5.92 Å². The van der Waals surface area contributed by atoms with Crippen LogP contribution in [0.3, 0.4) is 0 Å². The summed E-state index contributed by atoms with van der Waals surface area (Å²) in [5.41, 5.74) is -0.479. The Hall–Kier alpha value is -1.95. The Morgan fingerprint density at radius 1 is 1.37 bits per heavy atom. The van der Waals surface area contributed by atoms with Gasteiger partial charge in [-0.2, -0.15) is 0 Å². The molecule has 0 spiro atoms. The fraction of sp³-hybridized carbons (Fsp3) is 0.438. The molecule has 0 saturated heterocycles. The van der Waals surface area contributed by atoms with Crippen molar-refractivity contribution in [3.63, 3.8) is 0 Å². The van der Waals surface area contributed by atoms with E-state index >= 15 is 0 Å². The second-order valence-electron chi connectivity index (χ2n) is 4.60. The molecule has 0 aliphatic carbocycles. The van der Waals surface area contributed by atoms with Gasteiger partial charge in [-0.15, -0.1) is 5.92 Å². The van der Waals surface area contributed by atoms with Crippen LogP contribution >= 0.6 is 0 Å². The van der Waals surface area contributed by atoms with Gasteiger partial charge in [-0.3, -0.25) is 4.79 Å². The van der Waals surface area contributed by atoms with Crippen LogP contribution in [-0.4, -0.2) is 17.7 Å². The lowest BCUT2D eigenvalue weighted by atomic mass is 9.72. The van der Waals surface area contributed by atoms with Crippen LogP contribution in [0.1, 0.15) is 33.3 Å². The molecule has 0 fully saturated rings. The first-order chi connectivity index (χ1) is 8.98. The zero-order valence-corrected chi connectivity index (χ0v) is 11.9. The van der Waals surface area contributed by atoms with Crippen LogP contribution in [0.25, 0.3) is 0 Å². The molecule has 3 heteroatoms. The van der Waals surface area contributed by atoms with E-state index in [9.17, 15) is 9.90 Å². The van der Waals surface area contributed by atoms with Crippen LogP contribution in [0, 0.1) is 17.8 Å². The molecule has 1 unspecified atom stereocenters. The van der Waals surface area contributed by atoms with E-state index in [2.05, 4.69) is 11.8 Å². The molecule has 0 aromatic heterocycles. The monoisotopic (exact) mass is 260 g/mol. The first kappa shape index (κ1) is 15.1. The van der Waals surface area contributed by atoms with Crippen LogP contribution in [0.2, 0.25) is 0 Å². The SMILES string of the molecule is CC#CC(C(=O)O)(c1ccc(OCC)cc1)C(C)C. The number of rotatable bonds is 5. The predicted molar refractivity (Wildman–Crippen MR) is 75.2 cm³/mol. The number of ether oxygens (including phenoxy) is 1. The quantitative estimate of drug-likeness (QED) is 0.827. The molecule has 0 aliphatic rings. The number of hydrogen-bond donors (Lipinski definition) is 1. The van der Waals surface area contributed by atoms with Gasteiger partial charge in [-0.05, 0) is 37.5 Å². The van der Waals surface area contributed by atoms with Crippen LogP contribution in [0.15, 0.2) is 24.3 Å². The lowest BCUT2D eigenvalue weighted by molar-refractivity contribution is -0.143. The molecule has 19 heavy (non-hydrogen) atoms. The van der Waals surface area contributed by atoms with E-state index in [1.165, 1.54) is 0 Å². The molecule has 1 aromatic rings. The average Bonchev–Trinajstić information content (AvgIpc) is 2.36. The Balaban J connectivity index is 3.31. The molecule has 0 aliphatic heterocycles. The number of carboxylic acid groups (broad SMARTS) is 1. The molecule has 0 saturated carbocycles. The van der Waals surface area contributed by atoms with Gasteiger partial charge in [0.05, 0.1) is 6.61 Å². The van der Waals surface area contributed by atoms with Crippen molar-refractivity contribution in [1.82, 2.24) is 0 Å². The highest BCUT2D eigenvalue weighted by molar-refractivity contribution is 5.86. The molecule has 0 bridgehead atoms. The van der Waals surface area contributed by atoms with Crippen LogP contribution in [0.5, 0.6) is 5.75 Å². The largest absolute Gasteiger partial charge is 0.494 e. The summed E-state index contributed by atoms with van der Waals surface area (Å²) >= 11 is 0. The molecule has 3 nitrogen and oxygen atoms in total. The smallest absolute Gasteiger partial charge is 0.326 e. The number of benzene rings is 1. The van der Waals surface area contributed by atoms with Gasteiger partial charge >= 0.3 is 5.97 Å². The zero-order valence-electron chi connectivity index (χ0n) is 11.9. The van der Waals surface area contributed by atoms with E-state index in [1.54, 1.807) is 31.2 Å². The first-order valence-electron chi connectivity index (χ1n) is 6.39. The molecule has 1 N–H and O–H groups in total. The number of hydrogen-bond acceptors (Lipinski definition) is 2. The summed E-state index contributed by atoms with van der Waals surface area (Å²) in [6.45, 7) is 7.90. The number of carbonyl (C=O) groups is 1. The van der Waals surface area contributed by atoms with E-state index in [-0.39, 0.29) is 5.92 Å². The van der Waals surface area contributed by atoms with Gasteiger partial charge in [0.25, 0.3) is 0 Å². The Bertz CT molecular complexity index is 491. The van der Waals surface area contributed by atoms with Gasteiger partial charge in [-0.1, -0.05) is 31.9 Å². The maximum Gasteiger partial charge on any atom is 0.326 e. The maximum absolute atomic E-state index is 11.7. The van der Waals surface area contributed by atoms with Crippen molar-refractivity contribution < 1.29 is 14.6 Å². The lowest BCUT2D eigenvalue weighted by Gasteiger charge is -2.28. The van der Waals surface area contributed by atoms with Crippen molar-refractivity contribution in [1.29, 1.82) is 0 Å².